The van der Waals surface area contributed by atoms with Gasteiger partial charge in [-0.15, -0.1) is 0 Å². The van der Waals surface area contributed by atoms with Crippen LogP contribution in [0.25, 0.3) is 0 Å². The van der Waals surface area contributed by atoms with Crippen LogP contribution in [0.1, 0.15) is 33.1 Å². The van der Waals surface area contributed by atoms with Crippen LogP contribution in [0.15, 0.2) is 24.3 Å². The molecule has 0 aliphatic rings. The molecular weight excluding hydrogens is 230 g/mol. The van der Waals surface area contributed by atoms with E-state index in [0.717, 1.165) is 12.8 Å². The first kappa shape index (κ1) is 14.2. The zero-order valence-corrected chi connectivity index (χ0v) is 10.9. The normalized spacial score (nSPS) is 9.89. The summed E-state index contributed by atoms with van der Waals surface area (Å²) in [5, 5.41) is 2.68. The molecule has 0 aromatic heterocycles. The summed E-state index contributed by atoms with van der Waals surface area (Å²) < 4.78 is 5.58. The average Bonchev–Trinajstić information content (AvgIpc) is 2.30. The zero-order chi connectivity index (χ0) is 13.4. The predicted molar refractivity (Wildman–Crippen MR) is 70.8 cm³/mol. The molecular formula is C14H19NO3. The fraction of sp³-hybridized carbons (Fsp3) is 0.429. The number of unbranched alkanes of at least 4 members (excludes halogenated alkanes) is 1. The van der Waals surface area contributed by atoms with Crippen molar-refractivity contribution in [3.8, 4) is 5.75 Å². The maximum absolute atomic E-state index is 11.5. The first-order valence-electron chi connectivity index (χ1n) is 6.14. The molecule has 1 rings (SSSR count). The topological polar surface area (TPSA) is 55.4 Å². The van der Waals surface area contributed by atoms with Gasteiger partial charge >= 0.3 is 0 Å². The predicted octanol–water partition coefficient (Wildman–Crippen LogP) is 2.78. The largest absolute Gasteiger partial charge is 0.491 e. The Morgan fingerprint density at radius 1 is 1.28 bits per heavy atom. The summed E-state index contributed by atoms with van der Waals surface area (Å²) in [6.45, 7) is 4.10. The Morgan fingerprint density at radius 3 is 2.67 bits per heavy atom. The number of hydrogen-bond donors (Lipinski definition) is 1. The maximum atomic E-state index is 11.5. The van der Waals surface area contributed by atoms with E-state index in [4.69, 9.17) is 4.74 Å². The Bertz CT molecular complexity index is 415. The zero-order valence-electron chi connectivity index (χ0n) is 10.9. The molecule has 0 aliphatic carbocycles. The summed E-state index contributed by atoms with van der Waals surface area (Å²) in [7, 11) is 0. The highest BCUT2D eigenvalue weighted by Gasteiger charge is 2.09. The van der Waals surface area contributed by atoms with Crippen LogP contribution in [-0.2, 0) is 9.59 Å². The monoisotopic (exact) mass is 249 g/mol. The summed E-state index contributed by atoms with van der Waals surface area (Å²) >= 11 is 0. The summed E-state index contributed by atoms with van der Waals surface area (Å²) in [6, 6.07) is 7.23. The minimum absolute atomic E-state index is 0.108. The van der Waals surface area contributed by atoms with Gasteiger partial charge < -0.3 is 10.1 Å². The first-order valence-corrected chi connectivity index (χ1v) is 6.14. The first-order chi connectivity index (χ1) is 8.63. The van der Waals surface area contributed by atoms with Crippen molar-refractivity contribution in [2.24, 2.45) is 0 Å². The fourth-order valence-electron chi connectivity index (χ4n) is 1.44. The van der Waals surface area contributed by atoms with Crippen molar-refractivity contribution in [1.29, 1.82) is 0 Å². The Morgan fingerprint density at radius 2 is 2.00 bits per heavy atom. The van der Waals surface area contributed by atoms with Crippen LogP contribution < -0.4 is 10.1 Å². The molecule has 4 heteroatoms. The number of hydrogen-bond acceptors (Lipinski definition) is 3. The number of rotatable bonds is 7. The van der Waals surface area contributed by atoms with E-state index in [1.54, 1.807) is 12.1 Å². The third kappa shape index (κ3) is 4.99. The van der Waals surface area contributed by atoms with E-state index in [9.17, 15) is 9.59 Å². The van der Waals surface area contributed by atoms with Crippen LogP contribution in [0.3, 0.4) is 0 Å². The van der Waals surface area contributed by atoms with E-state index in [2.05, 4.69) is 12.2 Å². The van der Waals surface area contributed by atoms with Gasteiger partial charge in [-0.1, -0.05) is 25.5 Å². The molecule has 4 nitrogen and oxygen atoms in total. The third-order valence-electron chi connectivity index (χ3n) is 2.33. The van der Waals surface area contributed by atoms with Crippen LogP contribution in [0.5, 0.6) is 5.75 Å². The van der Waals surface area contributed by atoms with Crippen LogP contribution >= 0.6 is 0 Å². The van der Waals surface area contributed by atoms with Gasteiger partial charge in [-0.3, -0.25) is 9.59 Å². The van der Waals surface area contributed by atoms with E-state index >= 15 is 0 Å². The summed E-state index contributed by atoms with van der Waals surface area (Å²) in [4.78, 5) is 22.4. The highest BCUT2D eigenvalue weighted by Crippen LogP contribution is 2.24. The standard InChI is InChI=1S/C14H19NO3/c1-3-4-9-18-13-8-6-5-7-12(13)15-14(17)10-11(2)16/h5-8H,3-4,9-10H2,1-2H3,(H,15,17). The SMILES string of the molecule is CCCCOc1ccccc1NC(=O)CC(C)=O. The summed E-state index contributed by atoms with van der Waals surface area (Å²) in [5.74, 6) is 0.175. The number of nitrogens with one attached hydrogen (secondary N) is 1. The highest BCUT2D eigenvalue weighted by atomic mass is 16.5. The van der Waals surface area contributed by atoms with E-state index in [0.29, 0.717) is 18.0 Å². The van der Waals surface area contributed by atoms with E-state index < -0.39 is 0 Å². The Balaban J connectivity index is 2.63. The number of carbonyl (C=O) groups excluding carboxylic acids is 2. The molecule has 0 radical (unpaired) electrons. The molecule has 1 amide bonds. The maximum Gasteiger partial charge on any atom is 0.231 e. The van der Waals surface area contributed by atoms with Gasteiger partial charge in [-0.25, -0.2) is 0 Å². The highest BCUT2D eigenvalue weighted by molar-refractivity contribution is 6.04. The Kier molecular flexibility index (Phi) is 5.91. The van der Waals surface area contributed by atoms with E-state index in [1.165, 1.54) is 6.92 Å². The minimum atomic E-state index is -0.311. The van der Waals surface area contributed by atoms with Gasteiger partial charge in [0.25, 0.3) is 0 Å². The minimum Gasteiger partial charge on any atom is -0.491 e. The van der Waals surface area contributed by atoms with Crippen molar-refractivity contribution < 1.29 is 14.3 Å². The number of amides is 1. The number of anilines is 1. The van der Waals surface area contributed by atoms with Gasteiger partial charge in [0, 0.05) is 0 Å². The van der Waals surface area contributed by atoms with Gasteiger partial charge in [0.2, 0.25) is 5.91 Å². The van der Waals surface area contributed by atoms with E-state index in [-0.39, 0.29) is 18.1 Å². The molecule has 1 aromatic rings. The third-order valence-corrected chi connectivity index (χ3v) is 2.33. The number of ketones is 1. The average molecular weight is 249 g/mol. The molecule has 1 N–H and O–H groups in total. The van der Waals surface area contributed by atoms with Crippen molar-refractivity contribution in [3.05, 3.63) is 24.3 Å². The second kappa shape index (κ2) is 7.48. The van der Waals surface area contributed by atoms with Gasteiger partial charge in [-0.2, -0.15) is 0 Å². The van der Waals surface area contributed by atoms with E-state index in [1.807, 2.05) is 12.1 Å². The molecule has 0 bridgehead atoms. The Hall–Kier alpha value is -1.84. The van der Waals surface area contributed by atoms with Crippen molar-refractivity contribution in [3.63, 3.8) is 0 Å². The number of Topliss-reactive ketones (excluding diaryl/α,β-unsaturated/α-hetero) is 1. The van der Waals surface area contributed by atoms with Gasteiger partial charge in [0.05, 0.1) is 18.7 Å². The second-order valence-corrected chi connectivity index (χ2v) is 4.13. The van der Waals surface area contributed by atoms with Crippen LogP contribution in [0.2, 0.25) is 0 Å². The molecule has 0 saturated heterocycles. The molecule has 0 fully saturated rings. The molecule has 98 valence electrons. The lowest BCUT2D eigenvalue weighted by Crippen LogP contribution is -2.15. The van der Waals surface area contributed by atoms with Gasteiger partial charge in [-0.05, 0) is 25.5 Å². The van der Waals surface area contributed by atoms with Gasteiger partial charge in [0.1, 0.15) is 11.5 Å². The van der Waals surface area contributed by atoms with Gasteiger partial charge in [0.15, 0.2) is 0 Å². The lowest BCUT2D eigenvalue weighted by atomic mass is 10.2. The van der Waals surface area contributed by atoms with Crippen molar-refractivity contribution >= 4 is 17.4 Å². The molecule has 0 saturated carbocycles. The molecule has 18 heavy (non-hydrogen) atoms. The van der Waals surface area contributed by atoms with Crippen LogP contribution in [0, 0.1) is 0 Å². The van der Waals surface area contributed by atoms with Crippen molar-refractivity contribution in [2.75, 3.05) is 11.9 Å². The molecule has 1 aromatic carbocycles. The Labute approximate surface area is 107 Å². The molecule has 0 heterocycles. The molecule has 0 spiro atoms. The second-order valence-electron chi connectivity index (χ2n) is 4.13. The molecule has 0 aliphatic heterocycles. The lowest BCUT2D eigenvalue weighted by Gasteiger charge is -2.11. The van der Waals surface area contributed by atoms with Crippen molar-refractivity contribution in [2.45, 2.75) is 33.1 Å². The van der Waals surface area contributed by atoms with Crippen molar-refractivity contribution in [1.82, 2.24) is 0 Å². The fourth-order valence-corrected chi connectivity index (χ4v) is 1.44. The molecule has 0 unspecified atom stereocenters. The lowest BCUT2D eigenvalue weighted by molar-refractivity contribution is -0.124. The number of benzene rings is 1. The number of carbonyl (C=O) groups is 2. The summed E-state index contributed by atoms with van der Waals surface area (Å²) in [5.41, 5.74) is 0.611. The summed E-state index contributed by atoms with van der Waals surface area (Å²) in [6.07, 6.45) is 1.91. The smallest absolute Gasteiger partial charge is 0.231 e. The van der Waals surface area contributed by atoms with Crippen LogP contribution in [-0.4, -0.2) is 18.3 Å². The number of para-hydroxylation sites is 2. The quantitative estimate of drug-likeness (QED) is 0.597. The number of ether oxygens (including phenoxy) is 1. The van der Waals surface area contributed by atoms with Crippen LogP contribution in [0.4, 0.5) is 5.69 Å². The molecule has 0 atom stereocenters.